The SMILES string of the molecule is O=C(Nc1nnc(-c2cccs2)s1)Nc1ccc(Cl)cc1Cl. The molecule has 2 heterocycles. The summed E-state index contributed by atoms with van der Waals surface area (Å²) in [7, 11) is 0. The molecule has 2 aromatic heterocycles. The molecule has 0 aliphatic rings. The normalized spacial score (nSPS) is 10.5. The van der Waals surface area contributed by atoms with Crippen LogP contribution in [-0.4, -0.2) is 16.2 Å². The largest absolute Gasteiger partial charge is 0.325 e. The number of urea groups is 1. The van der Waals surface area contributed by atoms with Gasteiger partial charge in [-0.2, -0.15) is 0 Å². The third-order valence-electron chi connectivity index (χ3n) is 2.56. The number of nitrogens with zero attached hydrogens (tertiary/aromatic N) is 2. The molecule has 0 spiro atoms. The molecular formula is C13H8Cl2N4OS2. The van der Waals surface area contributed by atoms with Gasteiger partial charge >= 0.3 is 6.03 Å². The summed E-state index contributed by atoms with van der Waals surface area (Å²) in [4.78, 5) is 12.9. The number of thiophene rings is 1. The summed E-state index contributed by atoms with van der Waals surface area (Å²) in [6.07, 6.45) is 0. The molecule has 22 heavy (non-hydrogen) atoms. The standard InChI is InChI=1S/C13H8Cl2N4OS2/c14-7-3-4-9(8(15)6-7)16-12(20)17-13-19-18-11(22-13)10-2-1-5-21-10/h1-6H,(H2,16,17,19,20). The molecule has 2 amide bonds. The van der Waals surface area contributed by atoms with Crippen molar-refractivity contribution in [3.05, 3.63) is 45.8 Å². The molecule has 9 heteroatoms. The van der Waals surface area contributed by atoms with Crippen LogP contribution in [-0.2, 0) is 0 Å². The summed E-state index contributed by atoms with van der Waals surface area (Å²) in [6, 6.07) is 8.26. The lowest BCUT2D eigenvalue weighted by Gasteiger charge is -2.07. The van der Waals surface area contributed by atoms with Crippen molar-refractivity contribution in [1.82, 2.24) is 10.2 Å². The van der Waals surface area contributed by atoms with Gasteiger partial charge in [0.2, 0.25) is 5.13 Å². The van der Waals surface area contributed by atoms with E-state index >= 15 is 0 Å². The van der Waals surface area contributed by atoms with E-state index in [9.17, 15) is 4.79 Å². The first kappa shape index (κ1) is 15.2. The molecule has 2 N–H and O–H groups in total. The van der Waals surface area contributed by atoms with Crippen LogP contribution in [0.4, 0.5) is 15.6 Å². The van der Waals surface area contributed by atoms with Gasteiger partial charge in [-0.15, -0.1) is 21.5 Å². The minimum atomic E-state index is -0.446. The van der Waals surface area contributed by atoms with Crippen LogP contribution in [0.1, 0.15) is 0 Å². The Labute approximate surface area is 143 Å². The summed E-state index contributed by atoms with van der Waals surface area (Å²) in [5, 5.41) is 17.2. The van der Waals surface area contributed by atoms with Gasteiger partial charge in [0.05, 0.1) is 15.6 Å². The number of anilines is 2. The zero-order chi connectivity index (χ0) is 15.5. The summed E-state index contributed by atoms with van der Waals surface area (Å²) in [5.74, 6) is 0. The molecule has 0 fully saturated rings. The lowest BCUT2D eigenvalue weighted by Crippen LogP contribution is -2.19. The van der Waals surface area contributed by atoms with E-state index in [1.165, 1.54) is 11.3 Å². The highest BCUT2D eigenvalue weighted by atomic mass is 35.5. The zero-order valence-electron chi connectivity index (χ0n) is 10.8. The topological polar surface area (TPSA) is 66.9 Å². The molecule has 1 aromatic carbocycles. The highest BCUT2D eigenvalue weighted by Crippen LogP contribution is 2.30. The van der Waals surface area contributed by atoms with E-state index in [0.717, 1.165) is 9.88 Å². The number of hydrogen-bond donors (Lipinski definition) is 2. The summed E-state index contributed by atoms with van der Waals surface area (Å²) >= 11 is 14.7. The fourth-order valence-electron chi connectivity index (χ4n) is 1.62. The Hall–Kier alpha value is -1.67. The third-order valence-corrected chi connectivity index (χ3v) is 4.98. The predicted octanol–water partition coefficient (Wildman–Crippen LogP) is 5.22. The quantitative estimate of drug-likeness (QED) is 0.664. The van der Waals surface area contributed by atoms with Gasteiger partial charge in [0.15, 0.2) is 5.01 Å². The monoisotopic (exact) mass is 370 g/mol. The van der Waals surface area contributed by atoms with E-state index in [0.29, 0.717) is 20.9 Å². The van der Waals surface area contributed by atoms with Gasteiger partial charge in [0, 0.05) is 5.02 Å². The van der Waals surface area contributed by atoms with Crippen molar-refractivity contribution < 1.29 is 4.79 Å². The molecule has 0 saturated heterocycles. The summed E-state index contributed by atoms with van der Waals surface area (Å²) in [5.41, 5.74) is 0.464. The fraction of sp³-hybridized carbons (Fsp3) is 0. The van der Waals surface area contributed by atoms with Crippen molar-refractivity contribution in [2.75, 3.05) is 10.6 Å². The number of benzene rings is 1. The second kappa shape index (κ2) is 6.62. The van der Waals surface area contributed by atoms with E-state index in [-0.39, 0.29) is 0 Å². The van der Waals surface area contributed by atoms with Crippen molar-refractivity contribution in [3.63, 3.8) is 0 Å². The van der Waals surface area contributed by atoms with Crippen LogP contribution in [0.15, 0.2) is 35.7 Å². The average Bonchev–Trinajstić information content (AvgIpc) is 3.12. The second-order valence-corrected chi connectivity index (χ2v) is 6.86. The molecule has 3 aromatic rings. The van der Waals surface area contributed by atoms with E-state index in [1.807, 2.05) is 17.5 Å². The maximum absolute atomic E-state index is 11.9. The van der Waals surface area contributed by atoms with Crippen LogP contribution in [0.2, 0.25) is 10.0 Å². The highest BCUT2D eigenvalue weighted by molar-refractivity contribution is 7.23. The van der Waals surface area contributed by atoms with E-state index < -0.39 is 6.03 Å². The van der Waals surface area contributed by atoms with Gasteiger partial charge in [0.1, 0.15) is 0 Å². The Morgan fingerprint density at radius 3 is 2.73 bits per heavy atom. The number of amides is 2. The van der Waals surface area contributed by atoms with Gasteiger partial charge in [0.25, 0.3) is 0 Å². The smallest absolute Gasteiger partial charge is 0.306 e. The zero-order valence-corrected chi connectivity index (χ0v) is 14.0. The first-order chi connectivity index (χ1) is 10.6. The molecule has 0 saturated carbocycles. The molecule has 0 aliphatic heterocycles. The summed E-state index contributed by atoms with van der Waals surface area (Å²) < 4.78 is 0. The number of carbonyl (C=O) groups excluding carboxylic acids is 1. The van der Waals surface area contributed by atoms with Crippen LogP contribution in [0.3, 0.4) is 0 Å². The van der Waals surface area contributed by atoms with Crippen LogP contribution in [0.25, 0.3) is 9.88 Å². The maximum atomic E-state index is 11.9. The minimum absolute atomic E-state index is 0.360. The van der Waals surface area contributed by atoms with Crippen LogP contribution in [0, 0.1) is 0 Å². The molecule has 0 unspecified atom stereocenters. The maximum Gasteiger partial charge on any atom is 0.325 e. The van der Waals surface area contributed by atoms with E-state index in [4.69, 9.17) is 23.2 Å². The number of halogens is 2. The van der Waals surface area contributed by atoms with Crippen LogP contribution in [0.5, 0.6) is 0 Å². The Morgan fingerprint density at radius 1 is 1.14 bits per heavy atom. The van der Waals surface area contributed by atoms with Gasteiger partial charge in [-0.1, -0.05) is 40.6 Å². The number of aromatic nitrogens is 2. The Kier molecular flexibility index (Phi) is 4.58. The lowest BCUT2D eigenvalue weighted by atomic mass is 10.3. The Bertz CT molecular complexity index is 804. The Balaban J connectivity index is 1.67. The molecule has 0 radical (unpaired) electrons. The molecule has 112 valence electrons. The first-order valence-corrected chi connectivity index (χ1v) is 8.47. The minimum Gasteiger partial charge on any atom is -0.306 e. The Morgan fingerprint density at radius 2 is 2.00 bits per heavy atom. The van der Waals surface area contributed by atoms with Crippen LogP contribution < -0.4 is 10.6 Å². The first-order valence-electron chi connectivity index (χ1n) is 6.02. The fourth-order valence-corrected chi connectivity index (χ4v) is 3.60. The molecular weight excluding hydrogens is 363 g/mol. The second-order valence-electron chi connectivity index (χ2n) is 4.09. The lowest BCUT2D eigenvalue weighted by molar-refractivity contribution is 0.262. The number of hydrogen-bond acceptors (Lipinski definition) is 5. The van der Waals surface area contributed by atoms with Gasteiger partial charge in [-0.25, -0.2) is 4.79 Å². The third kappa shape index (κ3) is 3.56. The molecule has 0 bridgehead atoms. The van der Waals surface area contributed by atoms with Gasteiger partial charge in [-0.05, 0) is 29.6 Å². The van der Waals surface area contributed by atoms with Gasteiger partial charge in [-0.3, -0.25) is 5.32 Å². The number of rotatable bonds is 3. The van der Waals surface area contributed by atoms with Crippen molar-refractivity contribution in [3.8, 4) is 9.88 Å². The van der Waals surface area contributed by atoms with Crippen molar-refractivity contribution in [2.24, 2.45) is 0 Å². The average molecular weight is 371 g/mol. The molecule has 5 nitrogen and oxygen atoms in total. The predicted molar refractivity (Wildman–Crippen MR) is 92.3 cm³/mol. The van der Waals surface area contributed by atoms with Crippen molar-refractivity contribution in [1.29, 1.82) is 0 Å². The molecule has 0 atom stereocenters. The van der Waals surface area contributed by atoms with E-state index in [2.05, 4.69) is 20.8 Å². The molecule has 0 aliphatic carbocycles. The van der Waals surface area contributed by atoms with E-state index in [1.54, 1.807) is 29.5 Å². The summed E-state index contributed by atoms with van der Waals surface area (Å²) in [6.45, 7) is 0. The highest BCUT2D eigenvalue weighted by Gasteiger charge is 2.11. The number of carbonyl (C=O) groups is 1. The van der Waals surface area contributed by atoms with Crippen molar-refractivity contribution >= 4 is 62.7 Å². The van der Waals surface area contributed by atoms with Crippen molar-refractivity contribution in [2.45, 2.75) is 0 Å². The number of nitrogens with one attached hydrogen (secondary N) is 2. The van der Waals surface area contributed by atoms with Gasteiger partial charge < -0.3 is 5.32 Å². The molecule has 3 rings (SSSR count). The van der Waals surface area contributed by atoms with Crippen LogP contribution >= 0.6 is 45.9 Å².